The number of likely N-dealkylation sites (N-methyl/N-ethyl adjacent to an activating group) is 1. The highest BCUT2D eigenvalue weighted by atomic mass is 16.3. The molecule has 0 saturated heterocycles. The molecule has 7 nitrogen and oxygen atoms in total. The number of anilines is 1. The van der Waals surface area contributed by atoms with E-state index in [2.05, 4.69) is 20.3 Å². The van der Waals surface area contributed by atoms with E-state index in [1.54, 1.807) is 6.33 Å². The van der Waals surface area contributed by atoms with Gasteiger partial charge in [0.1, 0.15) is 11.8 Å². The molecule has 1 atom stereocenters. The van der Waals surface area contributed by atoms with Crippen LogP contribution in [-0.2, 0) is 6.54 Å². The fourth-order valence-electron chi connectivity index (χ4n) is 1.68. The Labute approximate surface area is 98.7 Å². The highest BCUT2D eigenvalue weighted by Gasteiger charge is 2.09. The zero-order chi connectivity index (χ0) is 12.3. The monoisotopic (exact) mass is 236 g/mol. The molecule has 2 heterocycles. The number of nitrogens with zero attached hydrogens (tertiary/aromatic N) is 4. The van der Waals surface area contributed by atoms with Gasteiger partial charge >= 0.3 is 0 Å². The Morgan fingerprint density at radius 2 is 2.29 bits per heavy atom. The number of aromatic nitrogens is 4. The molecular formula is C10H16N6O. The van der Waals surface area contributed by atoms with E-state index in [9.17, 15) is 0 Å². The van der Waals surface area contributed by atoms with Crippen LogP contribution in [0.2, 0.25) is 0 Å². The Morgan fingerprint density at radius 3 is 3.00 bits per heavy atom. The average Bonchev–Trinajstić information content (AvgIpc) is 2.75. The van der Waals surface area contributed by atoms with Gasteiger partial charge in [-0.2, -0.15) is 0 Å². The van der Waals surface area contributed by atoms with E-state index in [4.69, 9.17) is 10.8 Å². The van der Waals surface area contributed by atoms with E-state index in [1.165, 1.54) is 6.33 Å². The number of nitrogen functional groups attached to an aromatic ring is 1. The summed E-state index contributed by atoms with van der Waals surface area (Å²) < 4.78 is 1.91. The minimum Gasteiger partial charge on any atom is -0.395 e. The van der Waals surface area contributed by atoms with Crippen molar-refractivity contribution in [2.24, 2.45) is 0 Å². The predicted molar refractivity (Wildman–Crippen MR) is 64.3 cm³/mol. The van der Waals surface area contributed by atoms with E-state index >= 15 is 0 Å². The average molecular weight is 236 g/mol. The number of fused-ring (bicyclic) bond motifs is 1. The summed E-state index contributed by atoms with van der Waals surface area (Å²) in [5.41, 5.74) is 7.05. The van der Waals surface area contributed by atoms with Crippen LogP contribution in [-0.4, -0.2) is 44.3 Å². The SMILES string of the molecule is CN[C@@H](CO)CCn1cnc2c(N)ncnc21. The number of aryl methyl sites for hydroxylation is 1. The lowest BCUT2D eigenvalue weighted by Gasteiger charge is -2.12. The van der Waals surface area contributed by atoms with E-state index in [1.807, 2.05) is 11.6 Å². The Hall–Kier alpha value is -1.73. The summed E-state index contributed by atoms with van der Waals surface area (Å²) in [5, 5.41) is 12.1. The Bertz CT molecular complexity index is 493. The Kier molecular flexibility index (Phi) is 3.50. The number of hydrogen-bond acceptors (Lipinski definition) is 6. The highest BCUT2D eigenvalue weighted by molar-refractivity contribution is 5.80. The lowest BCUT2D eigenvalue weighted by Crippen LogP contribution is -2.30. The molecule has 0 aliphatic rings. The van der Waals surface area contributed by atoms with E-state index < -0.39 is 0 Å². The summed E-state index contributed by atoms with van der Waals surface area (Å²) in [5.74, 6) is 0.390. The van der Waals surface area contributed by atoms with E-state index in [0.29, 0.717) is 11.3 Å². The molecule has 2 rings (SSSR count). The minimum absolute atomic E-state index is 0.0756. The topological polar surface area (TPSA) is 102 Å². The zero-order valence-electron chi connectivity index (χ0n) is 9.67. The molecular weight excluding hydrogens is 220 g/mol. The van der Waals surface area contributed by atoms with Crippen LogP contribution in [0, 0.1) is 0 Å². The van der Waals surface area contributed by atoms with Crippen molar-refractivity contribution in [1.29, 1.82) is 0 Å². The van der Waals surface area contributed by atoms with Crippen LogP contribution >= 0.6 is 0 Å². The molecule has 0 radical (unpaired) electrons. The van der Waals surface area contributed by atoms with Gasteiger partial charge in [0.25, 0.3) is 0 Å². The molecule has 92 valence electrons. The molecule has 0 saturated carbocycles. The smallest absolute Gasteiger partial charge is 0.165 e. The normalized spacial score (nSPS) is 13.1. The first-order valence-electron chi connectivity index (χ1n) is 5.45. The molecule has 0 aliphatic heterocycles. The van der Waals surface area contributed by atoms with E-state index in [-0.39, 0.29) is 12.6 Å². The summed E-state index contributed by atoms with van der Waals surface area (Å²) in [6.45, 7) is 0.833. The molecule has 7 heteroatoms. The van der Waals surface area contributed by atoms with Crippen molar-refractivity contribution in [2.45, 2.75) is 19.0 Å². The molecule has 0 unspecified atom stereocenters. The highest BCUT2D eigenvalue weighted by Crippen LogP contribution is 2.14. The lowest BCUT2D eigenvalue weighted by molar-refractivity contribution is 0.238. The Morgan fingerprint density at radius 1 is 1.47 bits per heavy atom. The summed E-state index contributed by atoms with van der Waals surface area (Å²) in [7, 11) is 1.83. The van der Waals surface area contributed by atoms with Crippen LogP contribution in [0.5, 0.6) is 0 Å². The van der Waals surface area contributed by atoms with Crippen molar-refractivity contribution >= 4 is 17.0 Å². The molecule has 0 aliphatic carbocycles. The first kappa shape index (κ1) is 11.7. The fourth-order valence-corrected chi connectivity index (χ4v) is 1.68. The van der Waals surface area contributed by atoms with Gasteiger partial charge in [-0.1, -0.05) is 0 Å². The molecule has 0 amide bonds. The van der Waals surface area contributed by atoms with Gasteiger partial charge in [0.05, 0.1) is 12.9 Å². The zero-order valence-corrected chi connectivity index (χ0v) is 9.67. The molecule has 2 aromatic rings. The van der Waals surface area contributed by atoms with Crippen LogP contribution < -0.4 is 11.1 Å². The maximum absolute atomic E-state index is 9.08. The van der Waals surface area contributed by atoms with Crippen LogP contribution in [0.25, 0.3) is 11.2 Å². The second-order valence-electron chi connectivity index (χ2n) is 3.83. The van der Waals surface area contributed by atoms with Gasteiger partial charge in [0.15, 0.2) is 11.5 Å². The van der Waals surface area contributed by atoms with Gasteiger partial charge in [-0.05, 0) is 13.5 Å². The molecule has 0 spiro atoms. The van der Waals surface area contributed by atoms with Crippen molar-refractivity contribution in [3.63, 3.8) is 0 Å². The molecule has 4 N–H and O–H groups in total. The van der Waals surface area contributed by atoms with Crippen molar-refractivity contribution in [2.75, 3.05) is 19.4 Å². The third-order valence-electron chi connectivity index (χ3n) is 2.78. The van der Waals surface area contributed by atoms with Gasteiger partial charge in [-0.3, -0.25) is 0 Å². The molecule has 0 bridgehead atoms. The van der Waals surface area contributed by atoms with E-state index in [0.717, 1.165) is 18.6 Å². The first-order valence-corrected chi connectivity index (χ1v) is 5.45. The number of hydrogen-bond donors (Lipinski definition) is 3. The third-order valence-corrected chi connectivity index (χ3v) is 2.78. The predicted octanol–water partition coefficient (Wildman–Crippen LogP) is -0.621. The van der Waals surface area contributed by atoms with Gasteiger partial charge in [0.2, 0.25) is 0 Å². The summed E-state index contributed by atoms with van der Waals surface area (Å²) >= 11 is 0. The van der Waals surface area contributed by atoms with Crippen molar-refractivity contribution < 1.29 is 5.11 Å². The molecule has 17 heavy (non-hydrogen) atoms. The van der Waals surface area contributed by atoms with Gasteiger partial charge in [-0.15, -0.1) is 0 Å². The van der Waals surface area contributed by atoms with Crippen LogP contribution in [0.15, 0.2) is 12.7 Å². The number of nitrogens with two attached hydrogens (primary N) is 1. The number of rotatable bonds is 5. The van der Waals surface area contributed by atoms with Gasteiger partial charge in [-0.25, -0.2) is 15.0 Å². The summed E-state index contributed by atoms with van der Waals surface area (Å²) in [6, 6.07) is 0.0756. The first-order chi connectivity index (χ1) is 8.26. The quantitative estimate of drug-likeness (QED) is 0.639. The van der Waals surface area contributed by atoms with Gasteiger partial charge < -0.3 is 20.7 Å². The standard InChI is InChI=1S/C10H16N6O/c1-12-7(4-17)2-3-16-6-15-8-9(11)13-5-14-10(8)16/h5-7,12,17H,2-4H2,1H3,(H2,11,13,14)/t7-/m1/s1. The molecule has 2 aromatic heterocycles. The van der Waals surface area contributed by atoms with Gasteiger partial charge in [0, 0.05) is 12.6 Å². The molecule has 0 fully saturated rings. The third kappa shape index (κ3) is 2.34. The second-order valence-corrected chi connectivity index (χ2v) is 3.83. The van der Waals surface area contributed by atoms with Crippen LogP contribution in [0.4, 0.5) is 5.82 Å². The molecule has 0 aromatic carbocycles. The van der Waals surface area contributed by atoms with Crippen molar-refractivity contribution in [3.8, 4) is 0 Å². The van der Waals surface area contributed by atoms with Crippen molar-refractivity contribution in [3.05, 3.63) is 12.7 Å². The number of nitrogens with one attached hydrogen (secondary N) is 1. The lowest BCUT2D eigenvalue weighted by atomic mass is 10.2. The second kappa shape index (κ2) is 5.07. The Balaban J connectivity index is 2.17. The number of aliphatic hydroxyl groups is 1. The minimum atomic E-state index is 0.0756. The van der Waals surface area contributed by atoms with Crippen LogP contribution in [0.3, 0.4) is 0 Å². The maximum Gasteiger partial charge on any atom is 0.165 e. The van der Waals surface area contributed by atoms with Crippen LogP contribution in [0.1, 0.15) is 6.42 Å². The number of imidazole rings is 1. The summed E-state index contributed by atoms with van der Waals surface area (Å²) in [4.78, 5) is 12.2. The fraction of sp³-hybridized carbons (Fsp3) is 0.500. The largest absolute Gasteiger partial charge is 0.395 e. The summed E-state index contributed by atoms with van der Waals surface area (Å²) in [6.07, 6.45) is 3.92. The number of aliphatic hydroxyl groups excluding tert-OH is 1. The maximum atomic E-state index is 9.08. The van der Waals surface area contributed by atoms with Crippen molar-refractivity contribution in [1.82, 2.24) is 24.8 Å².